The molecule has 1 N–H and O–H groups in total. The van der Waals surface area contributed by atoms with Gasteiger partial charge in [-0.25, -0.2) is 14.3 Å². The number of aryl methyl sites for hydroxylation is 1. The van der Waals surface area contributed by atoms with Gasteiger partial charge in [0.05, 0.1) is 23.5 Å². The summed E-state index contributed by atoms with van der Waals surface area (Å²) < 4.78 is 3.50. The Kier molecular flexibility index (Phi) is 5.82. The van der Waals surface area contributed by atoms with E-state index in [0.29, 0.717) is 18.7 Å². The molecule has 0 atom stereocenters. The summed E-state index contributed by atoms with van der Waals surface area (Å²) in [5.41, 5.74) is 4.96. The molecule has 178 valence electrons. The zero-order chi connectivity index (χ0) is 24.5. The van der Waals surface area contributed by atoms with E-state index in [4.69, 9.17) is 4.98 Å². The number of nitrogens with zero attached hydrogens (tertiary/aromatic N) is 8. The van der Waals surface area contributed by atoms with Crippen LogP contribution >= 0.6 is 0 Å². The van der Waals surface area contributed by atoms with E-state index in [1.165, 1.54) is 0 Å². The van der Waals surface area contributed by atoms with Crippen molar-refractivity contribution in [3.05, 3.63) is 54.7 Å². The molecule has 0 bridgehead atoms. The highest BCUT2D eigenvalue weighted by atomic mass is 16.2. The molecule has 1 aliphatic heterocycles. The zero-order valence-corrected chi connectivity index (χ0v) is 20.0. The zero-order valence-electron chi connectivity index (χ0n) is 20.0. The summed E-state index contributed by atoms with van der Waals surface area (Å²) >= 11 is 0. The normalized spacial score (nSPS) is 13.9. The van der Waals surface area contributed by atoms with E-state index in [2.05, 4.69) is 32.5 Å². The van der Waals surface area contributed by atoms with Crippen molar-refractivity contribution in [2.24, 2.45) is 7.05 Å². The fourth-order valence-electron chi connectivity index (χ4n) is 4.36. The molecule has 0 saturated carbocycles. The Morgan fingerprint density at radius 3 is 2.46 bits per heavy atom. The largest absolute Gasteiger partial charge is 0.353 e. The molecule has 5 heterocycles. The molecule has 5 rings (SSSR count). The third-order valence-corrected chi connectivity index (χ3v) is 6.13. The lowest BCUT2D eigenvalue weighted by Gasteiger charge is -2.35. The number of anilines is 1. The van der Waals surface area contributed by atoms with Crippen molar-refractivity contribution in [3.8, 4) is 28.3 Å². The van der Waals surface area contributed by atoms with Crippen molar-refractivity contribution in [3.63, 3.8) is 0 Å². The van der Waals surface area contributed by atoms with Gasteiger partial charge >= 0.3 is 6.03 Å². The van der Waals surface area contributed by atoms with Gasteiger partial charge in [-0.05, 0) is 32.0 Å². The predicted molar refractivity (Wildman–Crippen MR) is 133 cm³/mol. The van der Waals surface area contributed by atoms with Crippen LogP contribution < -0.4 is 10.2 Å². The lowest BCUT2D eigenvalue weighted by molar-refractivity contribution is 0.191. The monoisotopic (exact) mass is 469 g/mol. The SMILES string of the molecule is CC(C)NC(=O)N1CCN(c2ccc(-c3cc(-c4cnn(C)c4)cn4ncc(C#N)c34)cn2)CC1. The van der Waals surface area contributed by atoms with Crippen molar-refractivity contribution >= 4 is 17.4 Å². The molecule has 0 radical (unpaired) electrons. The molecule has 1 saturated heterocycles. The van der Waals surface area contributed by atoms with Crippen molar-refractivity contribution in [1.29, 1.82) is 5.26 Å². The minimum atomic E-state index is -0.0189. The van der Waals surface area contributed by atoms with Gasteiger partial charge in [0.15, 0.2) is 0 Å². The van der Waals surface area contributed by atoms with Crippen LogP contribution in [0.25, 0.3) is 27.8 Å². The van der Waals surface area contributed by atoms with Crippen LogP contribution in [0.5, 0.6) is 0 Å². The Morgan fingerprint density at radius 2 is 1.83 bits per heavy atom. The Morgan fingerprint density at radius 1 is 1.03 bits per heavy atom. The first-order chi connectivity index (χ1) is 16.9. The Bertz CT molecular complexity index is 1400. The van der Waals surface area contributed by atoms with Gasteiger partial charge in [-0.3, -0.25) is 4.68 Å². The number of carbonyl (C=O) groups is 1. The van der Waals surface area contributed by atoms with Gasteiger partial charge < -0.3 is 15.1 Å². The van der Waals surface area contributed by atoms with E-state index >= 15 is 0 Å². The van der Waals surface area contributed by atoms with Gasteiger partial charge in [-0.1, -0.05) is 0 Å². The van der Waals surface area contributed by atoms with Crippen LogP contribution in [0.4, 0.5) is 10.6 Å². The van der Waals surface area contributed by atoms with Crippen LogP contribution in [0, 0.1) is 11.3 Å². The summed E-state index contributed by atoms with van der Waals surface area (Å²) in [6.07, 6.45) is 9.09. The first-order valence-corrected chi connectivity index (χ1v) is 11.6. The first-order valence-electron chi connectivity index (χ1n) is 11.6. The van der Waals surface area contributed by atoms with Crippen LogP contribution in [0.15, 0.2) is 49.2 Å². The molecule has 10 heteroatoms. The maximum Gasteiger partial charge on any atom is 0.317 e. The second-order valence-electron chi connectivity index (χ2n) is 8.99. The van der Waals surface area contributed by atoms with Crippen LogP contribution in [0.1, 0.15) is 19.4 Å². The summed E-state index contributed by atoms with van der Waals surface area (Å²) in [7, 11) is 1.88. The molecule has 1 fully saturated rings. The highest BCUT2D eigenvalue weighted by molar-refractivity contribution is 5.87. The maximum atomic E-state index is 12.3. The fraction of sp³-hybridized carbons (Fsp3) is 0.320. The minimum absolute atomic E-state index is 0.0189. The number of aromatic nitrogens is 5. The summed E-state index contributed by atoms with van der Waals surface area (Å²) in [4.78, 5) is 21.0. The number of carbonyl (C=O) groups excluding carboxylic acids is 1. The quantitative estimate of drug-likeness (QED) is 0.492. The highest BCUT2D eigenvalue weighted by Gasteiger charge is 2.22. The number of hydrogen-bond acceptors (Lipinski definition) is 6. The predicted octanol–water partition coefficient (Wildman–Crippen LogP) is 2.91. The van der Waals surface area contributed by atoms with Gasteiger partial charge in [-0.15, -0.1) is 0 Å². The number of hydrogen-bond donors (Lipinski definition) is 1. The first kappa shape index (κ1) is 22.4. The molecule has 0 aliphatic carbocycles. The summed E-state index contributed by atoms with van der Waals surface area (Å²) in [6, 6.07) is 8.42. The molecule has 4 aromatic rings. The van der Waals surface area contributed by atoms with Gasteiger partial charge in [0, 0.05) is 80.1 Å². The number of rotatable bonds is 4. The van der Waals surface area contributed by atoms with Crippen LogP contribution in [-0.2, 0) is 7.05 Å². The third-order valence-electron chi connectivity index (χ3n) is 6.13. The van der Waals surface area contributed by atoms with Gasteiger partial charge in [0.25, 0.3) is 0 Å². The topological polar surface area (TPSA) is 107 Å². The van der Waals surface area contributed by atoms with Crippen molar-refractivity contribution in [2.75, 3.05) is 31.1 Å². The molecule has 4 aromatic heterocycles. The van der Waals surface area contributed by atoms with Crippen molar-refractivity contribution in [1.82, 2.24) is 34.6 Å². The number of nitrogens with one attached hydrogen (secondary N) is 1. The van der Waals surface area contributed by atoms with Crippen molar-refractivity contribution in [2.45, 2.75) is 19.9 Å². The molecule has 10 nitrogen and oxygen atoms in total. The molecule has 35 heavy (non-hydrogen) atoms. The molecular weight excluding hydrogens is 442 g/mol. The average Bonchev–Trinajstić information content (AvgIpc) is 3.49. The van der Waals surface area contributed by atoms with Crippen LogP contribution in [0.2, 0.25) is 0 Å². The number of urea groups is 1. The van der Waals surface area contributed by atoms with E-state index in [9.17, 15) is 10.1 Å². The lowest BCUT2D eigenvalue weighted by atomic mass is 10.0. The van der Waals surface area contributed by atoms with E-state index < -0.39 is 0 Å². The third kappa shape index (κ3) is 4.40. The molecule has 2 amide bonds. The van der Waals surface area contributed by atoms with Crippen LogP contribution in [0.3, 0.4) is 0 Å². The molecule has 1 aliphatic rings. The Balaban J connectivity index is 1.42. The van der Waals surface area contributed by atoms with Gasteiger partial charge in [0.2, 0.25) is 0 Å². The van der Waals surface area contributed by atoms with Crippen molar-refractivity contribution < 1.29 is 4.79 Å². The summed E-state index contributed by atoms with van der Waals surface area (Å²) in [5.74, 6) is 0.867. The highest BCUT2D eigenvalue weighted by Crippen LogP contribution is 2.32. The maximum absolute atomic E-state index is 12.3. The number of pyridine rings is 2. The fourth-order valence-corrected chi connectivity index (χ4v) is 4.36. The second-order valence-corrected chi connectivity index (χ2v) is 8.99. The van der Waals surface area contributed by atoms with E-state index in [1.807, 2.05) is 62.7 Å². The second kappa shape index (κ2) is 9.10. The average molecular weight is 470 g/mol. The standard InChI is InChI=1S/C25H27N9O/c1-17(2)30-25(35)33-8-6-32(7-9-33)23-5-4-18(12-27-23)22-10-19(21-14-28-31(3)15-21)16-34-24(22)20(11-26)13-29-34/h4-5,10,12-17H,6-9H2,1-3H3,(H,30,35). The smallest absolute Gasteiger partial charge is 0.317 e. The van der Waals surface area contributed by atoms with Crippen LogP contribution in [-0.4, -0.2) is 67.5 Å². The van der Waals surface area contributed by atoms with E-state index in [-0.39, 0.29) is 12.1 Å². The summed E-state index contributed by atoms with van der Waals surface area (Å²) in [6.45, 7) is 6.67. The minimum Gasteiger partial charge on any atom is -0.353 e. The Labute approximate surface area is 203 Å². The lowest BCUT2D eigenvalue weighted by Crippen LogP contribution is -2.53. The number of fused-ring (bicyclic) bond motifs is 1. The molecular formula is C25H27N9O. The molecule has 0 spiro atoms. The molecule has 0 aromatic carbocycles. The number of nitriles is 1. The molecule has 0 unspecified atom stereocenters. The van der Waals surface area contributed by atoms with E-state index in [0.717, 1.165) is 46.7 Å². The summed E-state index contributed by atoms with van der Waals surface area (Å²) in [5, 5.41) is 21.3. The number of piperazine rings is 1. The van der Waals surface area contributed by atoms with E-state index in [1.54, 1.807) is 15.4 Å². The van der Waals surface area contributed by atoms with Gasteiger partial charge in [-0.2, -0.15) is 15.5 Å². The number of amides is 2. The van der Waals surface area contributed by atoms with Gasteiger partial charge in [0.1, 0.15) is 11.9 Å². The Hall–Kier alpha value is -4.39.